The van der Waals surface area contributed by atoms with Gasteiger partial charge in [-0.1, -0.05) is 124 Å². The van der Waals surface area contributed by atoms with Crippen LogP contribution in [0.2, 0.25) is 0 Å². The van der Waals surface area contributed by atoms with Gasteiger partial charge >= 0.3 is 0 Å². The van der Waals surface area contributed by atoms with Gasteiger partial charge in [0.25, 0.3) is 0 Å². The molecule has 0 unspecified atom stereocenters. The van der Waals surface area contributed by atoms with Gasteiger partial charge in [0, 0.05) is 45.0 Å². The topological polar surface area (TPSA) is 6.48 Å². The minimum Gasteiger partial charge on any atom is -0.310 e. The Bertz CT molecular complexity index is 2910. The Morgan fingerprint density at radius 3 is 1.29 bits per heavy atom. The molecule has 8 aromatic rings. The number of anilines is 6. The highest BCUT2D eigenvalue weighted by Crippen LogP contribution is 2.57. The quantitative estimate of drug-likeness (QED) is 0.167. The Labute approximate surface area is 344 Å². The average molecular weight is 751 g/mol. The second-order valence-corrected chi connectivity index (χ2v) is 17.8. The van der Waals surface area contributed by atoms with E-state index < -0.39 is 0 Å². The van der Waals surface area contributed by atoms with Gasteiger partial charge in [0.05, 0.1) is 0 Å². The first-order chi connectivity index (χ1) is 27.9. The Kier molecular flexibility index (Phi) is 8.12. The van der Waals surface area contributed by atoms with Crippen LogP contribution in [-0.2, 0) is 10.8 Å². The molecule has 2 heteroatoms. The highest BCUT2D eigenvalue weighted by atomic mass is 15.1. The van der Waals surface area contributed by atoms with Crippen LogP contribution in [0.1, 0.15) is 72.2 Å². The molecular formula is C56H50N2. The maximum Gasteiger partial charge on any atom is 0.0490 e. The minimum absolute atomic E-state index is 0.225. The Morgan fingerprint density at radius 2 is 0.793 bits per heavy atom. The molecule has 58 heavy (non-hydrogen) atoms. The molecule has 0 atom stereocenters. The van der Waals surface area contributed by atoms with Gasteiger partial charge in [-0.15, -0.1) is 0 Å². The fourth-order valence-electron chi connectivity index (χ4n) is 10.3. The number of hydrogen-bond donors (Lipinski definition) is 0. The molecule has 0 N–H and O–H groups in total. The maximum absolute atomic E-state index is 2.46. The first-order valence-corrected chi connectivity index (χ1v) is 20.7. The van der Waals surface area contributed by atoms with E-state index >= 15 is 0 Å². The molecule has 10 rings (SSSR count). The summed E-state index contributed by atoms with van der Waals surface area (Å²) in [6, 6.07) is 59.3. The van der Waals surface area contributed by atoms with E-state index in [1.807, 2.05) is 0 Å². The molecular weight excluding hydrogens is 701 g/mol. The van der Waals surface area contributed by atoms with Crippen molar-refractivity contribution in [1.82, 2.24) is 0 Å². The van der Waals surface area contributed by atoms with Gasteiger partial charge in [0.2, 0.25) is 0 Å². The maximum atomic E-state index is 2.46. The predicted molar refractivity (Wildman–Crippen MR) is 247 cm³/mol. The Hall–Kier alpha value is -6.38. The van der Waals surface area contributed by atoms with Crippen LogP contribution in [0, 0.1) is 27.7 Å². The van der Waals surface area contributed by atoms with Crippen molar-refractivity contribution in [3.63, 3.8) is 0 Å². The molecule has 0 aliphatic heterocycles. The lowest BCUT2D eigenvalue weighted by Crippen LogP contribution is -2.28. The summed E-state index contributed by atoms with van der Waals surface area (Å²) in [7, 11) is 0. The van der Waals surface area contributed by atoms with Crippen LogP contribution in [0.3, 0.4) is 0 Å². The number of para-hydroxylation sites is 2. The Morgan fingerprint density at radius 1 is 0.328 bits per heavy atom. The molecule has 0 saturated carbocycles. The summed E-state index contributed by atoms with van der Waals surface area (Å²) < 4.78 is 0. The fourth-order valence-corrected chi connectivity index (χ4v) is 10.3. The molecule has 0 radical (unpaired) electrons. The third-order valence-corrected chi connectivity index (χ3v) is 13.0. The number of aryl methyl sites for hydroxylation is 4. The largest absolute Gasteiger partial charge is 0.310 e. The van der Waals surface area contributed by atoms with E-state index in [4.69, 9.17) is 0 Å². The van der Waals surface area contributed by atoms with Crippen LogP contribution < -0.4 is 9.80 Å². The molecule has 0 spiro atoms. The van der Waals surface area contributed by atoms with Crippen molar-refractivity contribution in [1.29, 1.82) is 0 Å². The zero-order valence-corrected chi connectivity index (χ0v) is 34.9. The summed E-state index contributed by atoms with van der Waals surface area (Å²) in [5, 5.41) is 2.80. The van der Waals surface area contributed by atoms with Gasteiger partial charge in [-0.05, 0) is 166 Å². The van der Waals surface area contributed by atoms with Crippen LogP contribution in [-0.4, -0.2) is 0 Å². The zero-order chi connectivity index (χ0) is 40.1. The molecule has 8 aromatic carbocycles. The SMILES string of the molecule is Cc1cc(C)cc(N(c2ccccc2)c2ccc3c(c2)C(C)(C)c2ccc4c5c(ccc-3c25)-c2ccc(N(c3ccccc3)c3ccc(C)cc3C)cc2C4(C)C)c1. The zero-order valence-electron chi connectivity index (χ0n) is 34.9. The normalized spacial score (nSPS) is 14.1. The number of rotatable bonds is 6. The standard InChI is InChI=1S/C56H50N2/c1-35-19-28-52(38(4)30-35)58(40-17-13-10-14-18-40)42-21-23-45-47-25-24-46-44-22-20-41(57(39-15-11-9-12-16-39)43-31-36(2)29-37(3)32-43)33-50(44)55(5,6)48-26-27-49(54(47)53(46)48)56(7,8)51(45)34-42/h9-34H,1-8H3. The second kappa shape index (κ2) is 13.1. The van der Waals surface area contributed by atoms with Gasteiger partial charge < -0.3 is 9.80 Å². The Balaban J connectivity index is 1.14. The summed E-state index contributed by atoms with van der Waals surface area (Å²) in [6.45, 7) is 18.5. The summed E-state index contributed by atoms with van der Waals surface area (Å²) in [4.78, 5) is 4.84. The van der Waals surface area contributed by atoms with Crippen LogP contribution in [0.4, 0.5) is 34.1 Å². The number of fused-ring (bicyclic) bond motifs is 4. The van der Waals surface area contributed by atoms with Gasteiger partial charge in [-0.25, -0.2) is 0 Å². The van der Waals surface area contributed by atoms with Crippen molar-refractivity contribution < 1.29 is 0 Å². The molecule has 0 aromatic heterocycles. The predicted octanol–water partition coefficient (Wildman–Crippen LogP) is 15.6. The van der Waals surface area contributed by atoms with E-state index in [0.717, 1.165) is 11.4 Å². The molecule has 0 bridgehead atoms. The van der Waals surface area contributed by atoms with Crippen molar-refractivity contribution in [2.45, 2.75) is 66.2 Å². The number of hydrogen-bond acceptors (Lipinski definition) is 2. The molecule has 2 aliphatic carbocycles. The summed E-state index contributed by atoms with van der Waals surface area (Å²) in [6.07, 6.45) is 0. The molecule has 0 amide bonds. The van der Waals surface area contributed by atoms with Crippen LogP contribution in [0.15, 0.2) is 158 Å². The van der Waals surface area contributed by atoms with E-state index in [9.17, 15) is 0 Å². The average Bonchev–Trinajstić information content (AvgIpc) is 3.21. The van der Waals surface area contributed by atoms with Gasteiger partial charge in [0.1, 0.15) is 0 Å². The van der Waals surface area contributed by atoms with Crippen molar-refractivity contribution in [2.75, 3.05) is 9.80 Å². The van der Waals surface area contributed by atoms with Gasteiger partial charge in [-0.2, -0.15) is 0 Å². The smallest absolute Gasteiger partial charge is 0.0490 e. The van der Waals surface area contributed by atoms with Crippen LogP contribution in [0.5, 0.6) is 0 Å². The fraction of sp³-hybridized carbons (Fsp3) is 0.179. The van der Waals surface area contributed by atoms with Crippen LogP contribution >= 0.6 is 0 Å². The highest BCUT2D eigenvalue weighted by Gasteiger charge is 2.40. The van der Waals surface area contributed by atoms with E-state index in [1.54, 1.807) is 0 Å². The molecule has 0 fully saturated rings. The van der Waals surface area contributed by atoms with Crippen molar-refractivity contribution in [3.8, 4) is 22.3 Å². The summed E-state index contributed by atoms with van der Waals surface area (Å²) >= 11 is 0. The van der Waals surface area contributed by atoms with Crippen molar-refractivity contribution in [2.24, 2.45) is 0 Å². The monoisotopic (exact) mass is 750 g/mol. The summed E-state index contributed by atoms with van der Waals surface area (Å²) in [5.74, 6) is 0. The van der Waals surface area contributed by atoms with Crippen molar-refractivity contribution in [3.05, 3.63) is 202 Å². The van der Waals surface area contributed by atoms with E-state index in [1.165, 1.54) is 100 Å². The van der Waals surface area contributed by atoms with E-state index in [2.05, 4.69) is 223 Å². The molecule has 0 saturated heterocycles. The lowest BCUT2D eigenvalue weighted by molar-refractivity contribution is 0.633. The van der Waals surface area contributed by atoms with Crippen LogP contribution in [0.25, 0.3) is 33.0 Å². The lowest BCUT2D eigenvalue weighted by Gasteiger charge is -2.41. The third kappa shape index (κ3) is 5.46. The first-order valence-electron chi connectivity index (χ1n) is 20.7. The minimum atomic E-state index is -0.226. The number of nitrogens with zero attached hydrogens (tertiary/aromatic N) is 2. The molecule has 284 valence electrons. The number of benzene rings is 8. The summed E-state index contributed by atoms with van der Waals surface area (Å²) in [5.41, 5.74) is 22.5. The molecule has 2 nitrogen and oxygen atoms in total. The van der Waals surface area contributed by atoms with Crippen molar-refractivity contribution >= 4 is 44.9 Å². The second-order valence-electron chi connectivity index (χ2n) is 17.8. The lowest BCUT2D eigenvalue weighted by atomic mass is 9.63. The van der Waals surface area contributed by atoms with E-state index in [0.29, 0.717) is 0 Å². The van der Waals surface area contributed by atoms with Gasteiger partial charge in [-0.3, -0.25) is 0 Å². The molecule has 0 heterocycles. The molecule has 2 aliphatic rings. The third-order valence-electron chi connectivity index (χ3n) is 13.0. The highest BCUT2D eigenvalue weighted by molar-refractivity contribution is 6.13. The first kappa shape index (κ1) is 36.0. The van der Waals surface area contributed by atoms with Gasteiger partial charge in [0.15, 0.2) is 0 Å². The van der Waals surface area contributed by atoms with E-state index in [-0.39, 0.29) is 10.8 Å².